The van der Waals surface area contributed by atoms with Gasteiger partial charge in [0.05, 0.1) is 12.2 Å². The van der Waals surface area contributed by atoms with Gasteiger partial charge >= 0.3 is 0 Å². The van der Waals surface area contributed by atoms with Gasteiger partial charge in [0.2, 0.25) is 0 Å². The largest absolute Gasteiger partial charge is 0.328 e. The van der Waals surface area contributed by atoms with Crippen molar-refractivity contribution in [3.63, 3.8) is 0 Å². The molecule has 0 amide bonds. The van der Waals surface area contributed by atoms with E-state index in [-0.39, 0.29) is 10.9 Å². The van der Waals surface area contributed by atoms with Crippen molar-refractivity contribution in [2.24, 2.45) is 5.73 Å². The van der Waals surface area contributed by atoms with Crippen LogP contribution in [0.4, 0.5) is 0 Å². The summed E-state index contributed by atoms with van der Waals surface area (Å²) in [5.74, 6) is 0. The van der Waals surface area contributed by atoms with E-state index < -0.39 is 9.84 Å². The second kappa shape index (κ2) is 4.59. The molecular formula is C10H13N3O2S2. The van der Waals surface area contributed by atoms with Crippen molar-refractivity contribution in [3.8, 4) is 0 Å². The molecule has 2 aromatic rings. The van der Waals surface area contributed by atoms with Crippen LogP contribution in [0.5, 0.6) is 0 Å². The lowest BCUT2D eigenvalue weighted by Gasteiger charge is -2.13. The lowest BCUT2D eigenvalue weighted by molar-refractivity contribution is 0.538. The Hall–Kier alpha value is -1.18. The Balaban J connectivity index is 2.36. The van der Waals surface area contributed by atoms with Crippen LogP contribution >= 0.6 is 11.3 Å². The van der Waals surface area contributed by atoms with Gasteiger partial charge in [0.15, 0.2) is 9.84 Å². The zero-order chi connectivity index (χ0) is 12.5. The molecule has 0 fully saturated rings. The van der Waals surface area contributed by atoms with Crippen molar-refractivity contribution >= 4 is 21.2 Å². The predicted molar refractivity (Wildman–Crippen MR) is 66.8 cm³/mol. The minimum atomic E-state index is -3.21. The standard InChI is InChI=1S/C10H13N3O2S2/c1-17(14,15)8-6-12-13(7-8)9(5-11)10-3-2-4-16-10/h2-4,6-7,9H,5,11H2,1H3. The van der Waals surface area contributed by atoms with E-state index in [0.717, 1.165) is 11.1 Å². The Morgan fingerprint density at radius 1 is 1.59 bits per heavy atom. The molecule has 0 aromatic carbocycles. The lowest BCUT2D eigenvalue weighted by Crippen LogP contribution is -2.19. The first-order chi connectivity index (χ1) is 8.02. The first kappa shape index (κ1) is 12.3. The third-order valence-corrected chi connectivity index (χ3v) is 4.46. The monoisotopic (exact) mass is 271 g/mol. The quantitative estimate of drug-likeness (QED) is 0.896. The molecule has 2 N–H and O–H groups in total. The summed E-state index contributed by atoms with van der Waals surface area (Å²) in [4.78, 5) is 1.28. The Kier molecular flexibility index (Phi) is 3.32. The number of aromatic nitrogens is 2. The minimum absolute atomic E-state index is 0.106. The van der Waals surface area contributed by atoms with Gasteiger partial charge in [-0.1, -0.05) is 6.07 Å². The normalized spacial score (nSPS) is 13.8. The van der Waals surface area contributed by atoms with Crippen LogP contribution in [0.15, 0.2) is 34.8 Å². The molecule has 0 aliphatic rings. The van der Waals surface area contributed by atoms with Crippen LogP contribution in [0.3, 0.4) is 0 Å². The fraction of sp³-hybridized carbons (Fsp3) is 0.300. The molecule has 92 valence electrons. The molecule has 0 radical (unpaired) electrons. The Labute approximate surface area is 104 Å². The van der Waals surface area contributed by atoms with E-state index in [1.54, 1.807) is 16.0 Å². The summed E-state index contributed by atoms with van der Waals surface area (Å²) >= 11 is 1.58. The summed E-state index contributed by atoms with van der Waals surface area (Å²) in [6, 6.07) is 3.79. The van der Waals surface area contributed by atoms with Gasteiger partial charge in [-0.05, 0) is 11.4 Å². The maximum absolute atomic E-state index is 11.4. The SMILES string of the molecule is CS(=O)(=O)c1cnn(C(CN)c2cccs2)c1. The molecule has 0 saturated carbocycles. The number of rotatable bonds is 4. The van der Waals surface area contributed by atoms with Crippen molar-refractivity contribution in [2.45, 2.75) is 10.9 Å². The van der Waals surface area contributed by atoms with Crippen molar-refractivity contribution < 1.29 is 8.42 Å². The second-order valence-electron chi connectivity index (χ2n) is 3.70. The Bertz CT molecular complexity index is 587. The molecule has 2 rings (SSSR count). The molecule has 0 spiro atoms. The average molecular weight is 271 g/mol. The first-order valence-electron chi connectivity index (χ1n) is 5.00. The number of hydrogen-bond donors (Lipinski definition) is 1. The lowest BCUT2D eigenvalue weighted by atomic mass is 10.2. The van der Waals surface area contributed by atoms with Crippen LogP contribution < -0.4 is 5.73 Å². The molecule has 5 nitrogen and oxygen atoms in total. The molecule has 7 heteroatoms. The molecule has 0 aliphatic heterocycles. The maximum Gasteiger partial charge on any atom is 0.178 e. The molecule has 1 atom stereocenters. The van der Waals surface area contributed by atoms with Crippen LogP contribution in [-0.2, 0) is 9.84 Å². The zero-order valence-electron chi connectivity index (χ0n) is 9.28. The van der Waals surface area contributed by atoms with Gasteiger partial charge in [-0.3, -0.25) is 4.68 Å². The van der Waals surface area contributed by atoms with Crippen LogP contribution in [0, 0.1) is 0 Å². The molecule has 0 saturated heterocycles. The summed E-state index contributed by atoms with van der Waals surface area (Å²) in [5, 5.41) is 6.03. The smallest absolute Gasteiger partial charge is 0.178 e. The number of nitrogens with two attached hydrogens (primary N) is 1. The topological polar surface area (TPSA) is 78.0 Å². The summed E-state index contributed by atoms with van der Waals surface area (Å²) in [5.41, 5.74) is 5.71. The zero-order valence-corrected chi connectivity index (χ0v) is 10.9. The van der Waals surface area contributed by atoms with E-state index in [0.29, 0.717) is 6.54 Å². The number of sulfone groups is 1. The predicted octanol–water partition coefficient (Wildman–Crippen LogP) is 0.896. The highest BCUT2D eigenvalue weighted by Gasteiger charge is 2.17. The van der Waals surface area contributed by atoms with Gasteiger partial charge in [0.1, 0.15) is 4.90 Å². The van der Waals surface area contributed by atoms with Gasteiger partial charge in [-0.15, -0.1) is 11.3 Å². The van der Waals surface area contributed by atoms with Gasteiger partial charge in [0.25, 0.3) is 0 Å². The molecule has 2 heterocycles. The summed E-state index contributed by atoms with van der Waals surface area (Å²) < 4.78 is 24.3. The molecule has 17 heavy (non-hydrogen) atoms. The Morgan fingerprint density at radius 2 is 2.35 bits per heavy atom. The first-order valence-corrected chi connectivity index (χ1v) is 7.77. The van der Waals surface area contributed by atoms with Gasteiger partial charge in [-0.25, -0.2) is 8.42 Å². The Morgan fingerprint density at radius 3 is 2.82 bits per heavy atom. The summed E-state index contributed by atoms with van der Waals surface area (Å²) in [6.45, 7) is 0.380. The molecular weight excluding hydrogens is 258 g/mol. The fourth-order valence-corrected chi connectivity index (χ4v) is 2.89. The summed E-state index contributed by atoms with van der Waals surface area (Å²) in [6.07, 6.45) is 4.04. The highest BCUT2D eigenvalue weighted by Crippen LogP contribution is 2.22. The van der Waals surface area contributed by atoms with E-state index in [1.807, 2.05) is 17.5 Å². The third kappa shape index (κ3) is 2.56. The average Bonchev–Trinajstić information content (AvgIpc) is 2.87. The van der Waals surface area contributed by atoms with Crippen LogP contribution in [0.25, 0.3) is 0 Å². The van der Waals surface area contributed by atoms with Gasteiger partial charge in [0, 0.05) is 23.9 Å². The minimum Gasteiger partial charge on any atom is -0.328 e. The van der Waals surface area contributed by atoms with Gasteiger partial charge < -0.3 is 5.73 Å². The molecule has 1 unspecified atom stereocenters. The van der Waals surface area contributed by atoms with E-state index in [1.165, 1.54) is 12.4 Å². The third-order valence-electron chi connectivity index (χ3n) is 2.42. The van der Waals surface area contributed by atoms with Crippen LogP contribution in [0.1, 0.15) is 10.9 Å². The number of hydrogen-bond acceptors (Lipinski definition) is 5. The van der Waals surface area contributed by atoms with E-state index in [9.17, 15) is 8.42 Å². The summed E-state index contributed by atoms with van der Waals surface area (Å²) in [7, 11) is -3.21. The van der Waals surface area contributed by atoms with E-state index in [4.69, 9.17) is 5.73 Å². The van der Waals surface area contributed by atoms with Crippen LogP contribution in [0.2, 0.25) is 0 Å². The van der Waals surface area contributed by atoms with E-state index in [2.05, 4.69) is 5.10 Å². The number of nitrogens with zero attached hydrogens (tertiary/aromatic N) is 2. The fourth-order valence-electron chi connectivity index (χ4n) is 1.52. The van der Waals surface area contributed by atoms with Crippen molar-refractivity contribution in [1.29, 1.82) is 0 Å². The van der Waals surface area contributed by atoms with Crippen molar-refractivity contribution in [2.75, 3.05) is 12.8 Å². The van der Waals surface area contributed by atoms with Crippen molar-refractivity contribution in [3.05, 3.63) is 34.8 Å². The number of thiophene rings is 1. The van der Waals surface area contributed by atoms with E-state index >= 15 is 0 Å². The van der Waals surface area contributed by atoms with Crippen LogP contribution in [-0.4, -0.2) is 31.0 Å². The second-order valence-corrected chi connectivity index (χ2v) is 6.69. The molecule has 0 bridgehead atoms. The molecule has 2 aromatic heterocycles. The van der Waals surface area contributed by atoms with Crippen molar-refractivity contribution in [1.82, 2.24) is 9.78 Å². The van der Waals surface area contributed by atoms with Gasteiger partial charge in [-0.2, -0.15) is 5.10 Å². The highest BCUT2D eigenvalue weighted by molar-refractivity contribution is 7.90. The maximum atomic E-state index is 11.4. The highest BCUT2D eigenvalue weighted by atomic mass is 32.2. The molecule has 0 aliphatic carbocycles.